The second-order valence-corrected chi connectivity index (χ2v) is 7.37. The molecule has 6 nitrogen and oxygen atoms in total. The van der Waals surface area contributed by atoms with Gasteiger partial charge in [0.05, 0.1) is 24.0 Å². The molecule has 0 aliphatic heterocycles. The number of amides is 1. The number of methoxy groups -OCH3 is 1. The van der Waals surface area contributed by atoms with Crippen LogP contribution in [0.25, 0.3) is 0 Å². The summed E-state index contributed by atoms with van der Waals surface area (Å²) in [6, 6.07) is 14.1. The van der Waals surface area contributed by atoms with E-state index in [2.05, 4.69) is 26.6 Å². The fourth-order valence-electron chi connectivity index (χ4n) is 2.94. The maximum atomic E-state index is 14.7. The van der Waals surface area contributed by atoms with Crippen molar-refractivity contribution in [3.8, 4) is 5.75 Å². The zero-order valence-corrected chi connectivity index (χ0v) is 17.7. The highest BCUT2D eigenvalue weighted by Crippen LogP contribution is 2.30. The number of carbonyl (C=O) groups excluding carboxylic acids is 1. The number of hydrogen-bond donors (Lipinski definition) is 3. The number of rotatable bonds is 6. The minimum Gasteiger partial charge on any atom is -0.497 e. The van der Waals surface area contributed by atoms with Gasteiger partial charge in [-0.05, 0) is 67.1 Å². The maximum Gasteiger partial charge on any atom is 0.409 e. The molecule has 0 fully saturated rings. The van der Waals surface area contributed by atoms with Crippen molar-refractivity contribution in [2.75, 3.05) is 17.7 Å². The van der Waals surface area contributed by atoms with E-state index >= 15 is 0 Å². The molecule has 3 rings (SSSR count). The topological polar surface area (TPSA) is 87.7 Å². The van der Waals surface area contributed by atoms with Crippen molar-refractivity contribution in [1.29, 1.82) is 0 Å². The van der Waals surface area contributed by atoms with Crippen LogP contribution < -0.4 is 15.4 Å². The van der Waals surface area contributed by atoms with E-state index in [4.69, 9.17) is 9.84 Å². The van der Waals surface area contributed by atoms with Crippen LogP contribution in [-0.4, -0.2) is 24.1 Å². The SMILES string of the molecule is COc1ccc(C(=O)c2ccc(Nc3ccc(Br)cc3NC(=O)O)cc2F)c(C)c1. The van der Waals surface area contributed by atoms with Crippen LogP contribution in [-0.2, 0) is 0 Å². The number of ether oxygens (including phenoxy) is 1. The summed E-state index contributed by atoms with van der Waals surface area (Å²) in [6.07, 6.45) is -1.22. The van der Waals surface area contributed by atoms with Gasteiger partial charge in [0.2, 0.25) is 0 Å². The van der Waals surface area contributed by atoms with Crippen LogP contribution in [0.5, 0.6) is 5.75 Å². The number of benzene rings is 3. The summed E-state index contributed by atoms with van der Waals surface area (Å²) in [7, 11) is 1.53. The fraction of sp³-hybridized carbons (Fsp3) is 0.0909. The van der Waals surface area contributed by atoms with Gasteiger partial charge >= 0.3 is 6.09 Å². The van der Waals surface area contributed by atoms with Gasteiger partial charge in [0.1, 0.15) is 11.6 Å². The monoisotopic (exact) mass is 472 g/mol. The van der Waals surface area contributed by atoms with Crippen LogP contribution in [0.3, 0.4) is 0 Å². The van der Waals surface area contributed by atoms with Crippen molar-refractivity contribution < 1.29 is 23.8 Å². The van der Waals surface area contributed by atoms with Crippen molar-refractivity contribution in [3.63, 3.8) is 0 Å². The number of nitrogens with one attached hydrogen (secondary N) is 2. The molecule has 3 aromatic carbocycles. The summed E-state index contributed by atoms with van der Waals surface area (Å²) in [5.74, 6) is -0.509. The Bertz CT molecular complexity index is 1130. The third-order valence-corrected chi connectivity index (χ3v) is 4.89. The number of ketones is 1. The van der Waals surface area contributed by atoms with Crippen LogP contribution in [0, 0.1) is 12.7 Å². The van der Waals surface area contributed by atoms with E-state index in [0.29, 0.717) is 38.4 Å². The zero-order chi connectivity index (χ0) is 21.8. The number of aryl methyl sites for hydroxylation is 1. The van der Waals surface area contributed by atoms with E-state index in [0.717, 1.165) is 0 Å². The first-order valence-electron chi connectivity index (χ1n) is 8.84. The van der Waals surface area contributed by atoms with Gasteiger partial charge in [-0.15, -0.1) is 0 Å². The highest BCUT2D eigenvalue weighted by Gasteiger charge is 2.17. The van der Waals surface area contributed by atoms with Gasteiger partial charge in [0.15, 0.2) is 5.78 Å². The maximum absolute atomic E-state index is 14.7. The van der Waals surface area contributed by atoms with Crippen molar-refractivity contribution in [2.24, 2.45) is 0 Å². The minimum atomic E-state index is -1.22. The molecule has 1 amide bonds. The Morgan fingerprint density at radius 1 is 1.00 bits per heavy atom. The van der Waals surface area contributed by atoms with E-state index in [9.17, 15) is 14.0 Å². The van der Waals surface area contributed by atoms with Crippen LogP contribution in [0.15, 0.2) is 59.1 Å². The molecular weight excluding hydrogens is 455 g/mol. The second kappa shape index (κ2) is 8.96. The third kappa shape index (κ3) is 4.77. The smallest absolute Gasteiger partial charge is 0.409 e. The molecule has 30 heavy (non-hydrogen) atoms. The lowest BCUT2D eigenvalue weighted by Gasteiger charge is -2.13. The Kier molecular flexibility index (Phi) is 6.37. The van der Waals surface area contributed by atoms with Crippen LogP contribution in [0.1, 0.15) is 21.5 Å². The van der Waals surface area contributed by atoms with Crippen molar-refractivity contribution in [2.45, 2.75) is 6.92 Å². The molecule has 3 N–H and O–H groups in total. The first-order chi connectivity index (χ1) is 14.3. The molecule has 0 radical (unpaired) electrons. The molecule has 0 unspecified atom stereocenters. The normalized spacial score (nSPS) is 10.4. The predicted octanol–water partition coefficient (Wildman–Crippen LogP) is 5.97. The number of halogens is 2. The van der Waals surface area contributed by atoms with E-state index in [-0.39, 0.29) is 5.56 Å². The number of hydrogen-bond acceptors (Lipinski definition) is 4. The lowest BCUT2D eigenvalue weighted by Crippen LogP contribution is -2.09. The zero-order valence-electron chi connectivity index (χ0n) is 16.1. The van der Waals surface area contributed by atoms with Crippen LogP contribution in [0.4, 0.5) is 26.2 Å². The summed E-state index contributed by atoms with van der Waals surface area (Å²) in [6.45, 7) is 1.76. The number of anilines is 3. The van der Waals surface area contributed by atoms with Gasteiger partial charge in [-0.2, -0.15) is 0 Å². The Morgan fingerprint density at radius 3 is 2.37 bits per heavy atom. The lowest BCUT2D eigenvalue weighted by molar-refractivity contribution is 0.103. The molecule has 8 heteroatoms. The summed E-state index contributed by atoms with van der Waals surface area (Å²) in [5.41, 5.74) is 2.10. The van der Waals surface area contributed by atoms with Gasteiger partial charge in [-0.25, -0.2) is 9.18 Å². The molecule has 0 aromatic heterocycles. The first-order valence-corrected chi connectivity index (χ1v) is 9.63. The molecular formula is C22H18BrFN2O4. The summed E-state index contributed by atoms with van der Waals surface area (Å²) >= 11 is 3.28. The van der Waals surface area contributed by atoms with Crippen LogP contribution >= 0.6 is 15.9 Å². The van der Waals surface area contributed by atoms with Crippen molar-refractivity contribution >= 4 is 44.9 Å². The fourth-order valence-corrected chi connectivity index (χ4v) is 3.30. The van der Waals surface area contributed by atoms with Gasteiger partial charge in [-0.1, -0.05) is 15.9 Å². The minimum absolute atomic E-state index is 0.0616. The molecule has 0 atom stereocenters. The van der Waals surface area contributed by atoms with Gasteiger partial charge < -0.3 is 15.2 Å². The number of carboxylic acid groups (broad SMARTS) is 1. The third-order valence-electron chi connectivity index (χ3n) is 4.39. The van der Waals surface area contributed by atoms with Gasteiger partial charge in [0.25, 0.3) is 0 Å². The highest BCUT2D eigenvalue weighted by atomic mass is 79.9. The van der Waals surface area contributed by atoms with E-state index in [1.807, 2.05) is 0 Å². The van der Waals surface area contributed by atoms with E-state index in [1.165, 1.54) is 19.2 Å². The molecule has 0 spiro atoms. The molecule has 154 valence electrons. The Labute approximate surface area is 180 Å². The number of carbonyl (C=O) groups is 2. The summed E-state index contributed by atoms with van der Waals surface area (Å²) < 4.78 is 20.6. The molecule has 0 saturated carbocycles. The average molecular weight is 473 g/mol. The first kappa shape index (κ1) is 21.3. The Morgan fingerprint density at radius 2 is 1.73 bits per heavy atom. The summed E-state index contributed by atoms with van der Waals surface area (Å²) in [5, 5.41) is 14.2. The quantitative estimate of drug-likeness (QED) is 0.384. The van der Waals surface area contributed by atoms with Gasteiger partial charge in [0, 0.05) is 15.7 Å². The summed E-state index contributed by atoms with van der Waals surface area (Å²) in [4.78, 5) is 23.8. The molecule has 3 aromatic rings. The van der Waals surface area contributed by atoms with E-state index in [1.54, 1.807) is 49.4 Å². The molecule has 0 aliphatic carbocycles. The molecule has 0 heterocycles. The Balaban J connectivity index is 1.88. The largest absolute Gasteiger partial charge is 0.497 e. The van der Waals surface area contributed by atoms with Crippen molar-refractivity contribution in [3.05, 3.63) is 81.6 Å². The lowest BCUT2D eigenvalue weighted by atomic mass is 9.98. The Hall–Kier alpha value is -3.39. The van der Waals surface area contributed by atoms with Gasteiger partial charge in [-0.3, -0.25) is 10.1 Å². The van der Waals surface area contributed by atoms with Crippen LogP contribution in [0.2, 0.25) is 0 Å². The highest BCUT2D eigenvalue weighted by molar-refractivity contribution is 9.10. The van der Waals surface area contributed by atoms with Crippen molar-refractivity contribution in [1.82, 2.24) is 0 Å². The standard InChI is InChI=1S/C22H18BrFN2O4/c1-12-9-15(30-2)5-7-16(12)21(27)17-6-4-14(11-18(17)24)25-19-8-3-13(23)10-20(19)26-22(28)29/h3-11,25-26H,1-2H3,(H,28,29). The average Bonchev–Trinajstić information content (AvgIpc) is 2.69. The van der Waals surface area contributed by atoms with E-state index < -0.39 is 17.7 Å². The predicted molar refractivity (Wildman–Crippen MR) is 117 cm³/mol. The molecule has 0 aliphatic rings. The molecule has 0 saturated heterocycles. The second-order valence-electron chi connectivity index (χ2n) is 6.45. The molecule has 0 bridgehead atoms.